The zero-order valence-corrected chi connectivity index (χ0v) is 21.7. The number of carbonyl (C=O) groups excluding carboxylic acids is 1. The zero-order valence-electron chi connectivity index (χ0n) is 21.7. The van der Waals surface area contributed by atoms with E-state index in [-0.39, 0.29) is 11.3 Å². The maximum absolute atomic E-state index is 13.1. The minimum Gasteiger partial charge on any atom is -0.326 e. The molecular formula is C28H37N5O. The Kier molecular flexibility index (Phi) is 7.60. The quantitative estimate of drug-likeness (QED) is 0.372. The third-order valence-electron chi connectivity index (χ3n) is 5.96. The Hall–Kier alpha value is -3.41. The molecule has 180 valence electrons. The topological polar surface area (TPSA) is 71.3 Å². The first-order valence-corrected chi connectivity index (χ1v) is 11.8. The Labute approximate surface area is 203 Å². The van der Waals surface area contributed by atoms with Crippen molar-refractivity contribution in [2.24, 2.45) is 4.99 Å². The van der Waals surface area contributed by atoms with E-state index in [1.165, 1.54) is 5.56 Å². The number of nitrogens with zero attached hydrogens (tertiary/aromatic N) is 3. The minimum absolute atomic E-state index is 0.0326. The molecule has 0 fully saturated rings. The molecule has 0 aliphatic heterocycles. The highest BCUT2D eigenvalue weighted by atomic mass is 16.1. The van der Waals surface area contributed by atoms with Crippen LogP contribution >= 0.6 is 0 Å². The van der Waals surface area contributed by atoms with Crippen LogP contribution in [0.2, 0.25) is 0 Å². The number of amides is 1. The molecule has 0 spiro atoms. The van der Waals surface area contributed by atoms with Crippen LogP contribution in [0.15, 0.2) is 47.5 Å². The van der Waals surface area contributed by atoms with Crippen LogP contribution in [0.25, 0.3) is 0 Å². The van der Waals surface area contributed by atoms with Gasteiger partial charge in [-0.1, -0.05) is 39.0 Å². The number of nitrogens with one attached hydrogen (secondary N) is 2. The Morgan fingerprint density at radius 2 is 1.62 bits per heavy atom. The molecule has 0 saturated carbocycles. The first-order valence-electron chi connectivity index (χ1n) is 11.8. The molecule has 2 N–H and O–H groups in total. The third kappa shape index (κ3) is 6.13. The van der Waals surface area contributed by atoms with Gasteiger partial charge >= 0.3 is 0 Å². The monoisotopic (exact) mass is 459 g/mol. The molecule has 34 heavy (non-hydrogen) atoms. The van der Waals surface area contributed by atoms with Crippen LogP contribution in [0.4, 0.5) is 5.69 Å². The van der Waals surface area contributed by atoms with E-state index in [2.05, 4.69) is 70.3 Å². The van der Waals surface area contributed by atoms with Crippen molar-refractivity contribution in [3.05, 3.63) is 81.7 Å². The molecule has 0 radical (unpaired) electrons. The Bertz CT molecular complexity index is 1180. The predicted molar refractivity (Wildman–Crippen MR) is 141 cm³/mol. The smallest absolute Gasteiger partial charge is 0.257 e. The average Bonchev–Trinajstić information content (AvgIpc) is 3.03. The van der Waals surface area contributed by atoms with E-state index in [0.717, 1.165) is 40.3 Å². The van der Waals surface area contributed by atoms with E-state index >= 15 is 0 Å². The number of guanidine groups is 1. The highest BCUT2D eigenvalue weighted by Gasteiger charge is 2.16. The van der Waals surface area contributed by atoms with Gasteiger partial charge < -0.3 is 5.32 Å². The standard InChI is InChI=1S/C28H37N5O/c1-9-33-21(5)25(20(4)32-33)17-29-27(30-24-15-18(2)14-19(3)16-24)31-26(34)22-10-12-23(13-11-22)28(6,7)8/h10-16H,9,17H2,1-8H3,(H2,29,30,31,34). The van der Waals surface area contributed by atoms with Crippen molar-refractivity contribution in [2.75, 3.05) is 5.32 Å². The second-order valence-electron chi connectivity index (χ2n) is 9.91. The molecule has 0 aliphatic rings. The van der Waals surface area contributed by atoms with Crippen molar-refractivity contribution in [3.63, 3.8) is 0 Å². The minimum atomic E-state index is -0.200. The van der Waals surface area contributed by atoms with Gasteiger partial charge in [-0.05, 0) is 81.0 Å². The average molecular weight is 460 g/mol. The predicted octanol–water partition coefficient (Wildman–Crippen LogP) is 5.83. The number of aliphatic imine (C=N–C) groups is 1. The van der Waals surface area contributed by atoms with Gasteiger partial charge in [0.2, 0.25) is 5.96 Å². The van der Waals surface area contributed by atoms with Crippen LogP contribution in [0.3, 0.4) is 0 Å². The number of aromatic nitrogens is 2. The number of hydrogen-bond acceptors (Lipinski definition) is 3. The van der Waals surface area contributed by atoms with Crippen molar-refractivity contribution in [1.29, 1.82) is 0 Å². The molecular weight excluding hydrogens is 422 g/mol. The molecule has 3 rings (SSSR count). The number of hydrogen-bond donors (Lipinski definition) is 2. The summed E-state index contributed by atoms with van der Waals surface area (Å²) >= 11 is 0. The van der Waals surface area contributed by atoms with E-state index in [4.69, 9.17) is 4.99 Å². The highest BCUT2D eigenvalue weighted by molar-refractivity contribution is 6.10. The lowest BCUT2D eigenvalue weighted by molar-refractivity contribution is 0.0977. The molecule has 6 heteroatoms. The summed E-state index contributed by atoms with van der Waals surface area (Å²) < 4.78 is 1.98. The van der Waals surface area contributed by atoms with Crippen molar-refractivity contribution in [3.8, 4) is 0 Å². The van der Waals surface area contributed by atoms with Crippen LogP contribution in [-0.2, 0) is 18.5 Å². The molecule has 1 aromatic heterocycles. The van der Waals surface area contributed by atoms with Crippen LogP contribution in [0.5, 0.6) is 0 Å². The molecule has 0 saturated heterocycles. The number of benzene rings is 2. The van der Waals surface area contributed by atoms with Gasteiger partial charge in [-0.25, -0.2) is 4.99 Å². The first kappa shape index (κ1) is 25.2. The van der Waals surface area contributed by atoms with Crippen LogP contribution in [0.1, 0.15) is 71.7 Å². The zero-order chi connectivity index (χ0) is 25.0. The van der Waals surface area contributed by atoms with E-state index in [1.54, 1.807) is 0 Å². The number of anilines is 1. The SMILES string of the molecule is CCn1nc(C)c(CN=C(NC(=O)c2ccc(C(C)(C)C)cc2)Nc2cc(C)cc(C)c2)c1C. The molecule has 2 aromatic carbocycles. The third-order valence-corrected chi connectivity index (χ3v) is 5.96. The molecule has 6 nitrogen and oxygen atoms in total. The highest BCUT2D eigenvalue weighted by Crippen LogP contribution is 2.22. The summed E-state index contributed by atoms with van der Waals surface area (Å²) in [6.45, 7) is 17.9. The summed E-state index contributed by atoms with van der Waals surface area (Å²) in [5.74, 6) is 0.215. The molecule has 0 aliphatic carbocycles. The second kappa shape index (κ2) is 10.2. The van der Waals surface area contributed by atoms with Gasteiger partial charge in [0.25, 0.3) is 5.91 Å². The number of aryl methyl sites for hydroxylation is 4. The summed E-state index contributed by atoms with van der Waals surface area (Å²) in [4.78, 5) is 17.8. The van der Waals surface area contributed by atoms with Crippen molar-refractivity contribution in [1.82, 2.24) is 15.1 Å². The van der Waals surface area contributed by atoms with Crippen molar-refractivity contribution < 1.29 is 4.79 Å². The Morgan fingerprint density at radius 1 is 1.00 bits per heavy atom. The maximum atomic E-state index is 13.1. The largest absolute Gasteiger partial charge is 0.326 e. The molecule has 3 aromatic rings. The van der Waals surface area contributed by atoms with Gasteiger partial charge in [0.1, 0.15) is 0 Å². The fourth-order valence-corrected chi connectivity index (χ4v) is 4.02. The molecule has 1 amide bonds. The fraction of sp³-hybridized carbons (Fsp3) is 0.393. The van der Waals surface area contributed by atoms with E-state index in [0.29, 0.717) is 18.1 Å². The van der Waals surface area contributed by atoms with Gasteiger partial charge in [-0.2, -0.15) is 5.10 Å². The van der Waals surface area contributed by atoms with Crippen LogP contribution in [-0.4, -0.2) is 21.6 Å². The lowest BCUT2D eigenvalue weighted by atomic mass is 9.87. The number of rotatable bonds is 5. The van der Waals surface area contributed by atoms with E-state index in [9.17, 15) is 4.79 Å². The van der Waals surface area contributed by atoms with Crippen LogP contribution in [0, 0.1) is 27.7 Å². The van der Waals surface area contributed by atoms with Gasteiger partial charge in [0.05, 0.1) is 12.2 Å². The Balaban J connectivity index is 1.88. The van der Waals surface area contributed by atoms with Crippen molar-refractivity contribution >= 4 is 17.6 Å². The second-order valence-corrected chi connectivity index (χ2v) is 9.91. The van der Waals surface area contributed by atoms with Gasteiger partial charge in [0, 0.05) is 29.1 Å². The van der Waals surface area contributed by atoms with Gasteiger partial charge in [0.15, 0.2) is 0 Å². The summed E-state index contributed by atoms with van der Waals surface area (Å²) in [5.41, 5.74) is 8.10. The van der Waals surface area contributed by atoms with Crippen LogP contribution < -0.4 is 10.6 Å². The van der Waals surface area contributed by atoms with E-state index < -0.39 is 0 Å². The normalized spacial score (nSPS) is 12.1. The summed E-state index contributed by atoms with van der Waals surface area (Å²) in [7, 11) is 0. The van der Waals surface area contributed by atoms with E-state index in [1.807, 2.05) is 48.0 Å². The number of carbonyl (C=O) groups is 1. The molecule has 0 unspecified atom stereocenters. The van der Waals surface area contributed by atoms with Crippen molar-refractivity contribution in [2.45, 2.75) is 73.9 Å². The molecule has 0 bridgehead atoms. The lowest BCUT2D eigenvalue weighted by Gasteiger charge is -2.19. The summed E-state index contributed by atoms with van der Waals surface area (Å²) in [6, 6.07) is 13.9. The Morgan fingerprint density at radius 3 is 2.15 bits per heavy atom. The summed E-state index contributed by atoms with van der Waals surface area (Å²) in [6.07, 6.45) is 0. The molecule has 0 atom stereocenters. The maximum Gasteiger partial charge on any atom is 0.257 e. The molecule has 1 heterocycles. The van der Waals surface area contributed by atoms with Gasteiger partial charge in [-0.3, -0.25) is 14.8 Å². The fourth-order valence-electron chi connectivity index (χ4n) is 4.02. The first-order chi connectivity index (χ1) is 16.0. The van der Waals surface area contributed by atoms with Gasteiger partial charge in [-0.15, -0.1) is 0 Å². The lowest BCUT2D eigenvalue weighted by Crippen LogP contribution is -2.36. The summed E-state index contributed by atoms with van der Waals surface area (Å²) in [5, 5.41) is 10.9.